The number of hydrogen-bond donors (Lipinski definition) is 1. The molecule has 0 aliphatic heterocycles. The topological polar surface area (TPSA) is 73.1 Å². The van der Waals surface area contributed by atoms with Crippen LogP contribution >= 0.6 is 0 Å². The molecule has 0 fully saturated rings. The van der Waals surface area contributed by atoms with Gasteiger partial charge in [-0.2, -0.15) is 5.10 Å². The Morgan fingerprint density at radius 1 is 1.39 bits per heavy atom. The van der Waals surface area contributed by atoms with Gasteiger partial charge in [0, 0.05) is 30.7 Å². The Morgan fingerprint density at radius 3 is 2.89 bits per heavy atom. The number of aliphatic hydroxyl groups excluding tert-OH is 1. The number of methoxy groups -OCH3 is 1. The third-order valence-corrected chi connectivity index (χ3v) is 2.57. The quantitative estimate of drug-likeness (QED) is 0.860. The van der Waals surface area contributed by atoms with Gasteiger partial charge in [0.15, 0.2) is 0 Å². The Labute approximate surface area is 105 Å². The number of hydrogen-bond acceptors (Lipinski definition) is 5. The van der Waals surface area contributed by atoms with E-state index in [1.165, 1.54) is 19.5 Å². The van der Waals surface area contributed by atoms with Crippen molar-refractivity contribution in [3.05, 3.63) is 36.0 Å². The first-order valence-corrected chi connectivity index (χ1v) is 5.81. The van der Waals surface area contributed by atoms with Crippen molar-refractivity contribution in [2.45, 2.75) is 26.0 Å². The minimum absolute atomic E-state index is 0.327. The van der Waals surface area contributed by atoms with Gasteiger partial charge < -0.3 is 9.84 Å². The van der Waals surface area contributed by atoms with Gasteiger partial charge in [-0.1, -0.05) is 6.92 Å². The molecule has 2 heterocycles. The van der Waals surface area contributed by atoms with Crippen LogP contribution < -0.4 is 4.74 Å². The van der Waals surface area contributed by atoms with Gasteiger partial charge in [-0.3, -0.25) is 9.67 Å². The Morgan fingerprint density at radius 2 is 2.17 bits per heavy atom. The highest BCUT2D eigenvalue weighted by Crippen LogP contribution is 2.25. The van der Waals surface area contributed by atoms with Crippen LogP contribution in [0.25, 0.3) is 0 Å². The third kappa shape index (κ3) is 2.48. The number of nitrogens with zero attached hydrogens (tertiary/aromatic N) is 4. The molecular weight excluding hydrogens is 232 g/mol. The number of aliphatic hydroxyl groups is 1. The summed E-state index contributed by atoms with van der Waals surface area (Å²) in [5.41, 5.74) is 1.08. The molecule has 0 saturated heterocycles. The summed E-state index contributed by atoms with van der Waals surface area (Å²) in [4.78, 5) is 8.12. The molecule has 0 radical (unpaired) electrons. The van der Waals surface area contributed by atoms with Crippen LogP contribution in [0.5, 0.6) is 5.88 Å². The van der Waals surface area contributed by atoms with Crippen molar-refractivity contribution >= 4 is 0 Å². The second-order valence-electron chi connectivity index (χ2n) is 3.89. The monoisotopic (exact) mass is 248 g/mol. The Bertz CT molecular complexity index is 512. The van der Waals surface area contributed by atoms with Crippen molar-refractivity contribution in [3.8, 4) is 5.88 Å². The third-order valence-electron chi connectivity index (χ3n) is 2.57. The summed E-state index contributed by atoms with van der Waals surface area (Å²) in [5, 5.41) is 14.4. The molecule has 2 aromatic rings. The van der Waals surface area contributed by atoms with E-state index in [2.05, 4.69) is 22.0 Å². The molecule has 96 valence electrons. The summed E-state index contributed by atoms with van der Waals surface area (Å²) < 4.78 is 6.87. The zero-order valence-electron chi connectivity index (χ0n) is 10.4. The second kappa shape index (κ2) is 5.59. The average molecular weight is 248 g/mol. The lowest BCUT2D eigenvalue weighted by molar-refractivity contribution is 0.207. The zero-order valence-corrected chi connectivity index (χ0v) is 10.4. The van der Waals surface area contributed by atoms with Crippen molar-refractivity contribution < 1.29 is 9.84 Å². The largest absolute Gasteiger partial charge is 0.480 e. The van der Waals surface area contributed by atoms with Crippen LogP contribution in [0.4, 0.5) is 0 Å². The molecule has 2 rings (SSSR count). The molecule has 0 aliphatic rings. The van der Waals surface area contributed by atoms with Gasteiger partial charge in [-0.15, -0.1) is 0 Å². The van der Waals surface area contributed by atoms with Crippen molar-refractivity contribution in [1.82, 2.24) is 19.7 Å². The molecule has 6 nitrogen and oxygen atoms in total. The lowest BCUT2D eigenvalue weighted by atomic mass is 10.1. The number of ether oxygens (including phenoxy) is 1. The van der Waals surface area contributed by atoms with Gasteiger partial charge >= 0.3 is 0 Å². The molecule has 0 saturated carbocycles. The first-order valence-electron chi connectivity index (χ1n) is 5.81. The highest BCUT2D eigenvalue weighted by atomic mass is 16.5. The molecule has 0 bridgehead atoms. The van der Waals surface area contributed by atoms with Crippen LogP contribution in [0, 0.1) is 0 Å². The Kier molecular flexibility index (Phi) is 3.88. The van der Waals surface area contributed by atoms with Crippen LogP contribution in [0.2, 0.25) is 0 Å². The van der Waals surface area contributed by atoms with E-state index in [4.69, 9.17) is 4.74 Å². The predicted octanol–water partition coefficient (Wildman–Crippen LogP) is 1.17. The van der Waals surface area contributed by atoms with Gasteiger partial charge in [0.1, 0.15) is 11.8 Å². The highest BCUT2D eigenvalue weighted by Gasteiger charge is 2.19. The summed E-state index contributed by atoms with van der Waals surface area (Å²) >= 11 is 0. The molecule has 0 aliphatic carbocycles. The Hall–Kier alpha value is -1.95. The van der Waals surface area contributed by atoms with E-state index in [0.717, 1.165) is 13.0 Å². The Balaban J connectivity index is 2.26. The average Bonchev–Trinajstić information content (AvgIpc) is 2.87. The van der Waals surface area contributed by atoms with E-state index in [9.17, 15) is 5.11 Å². The normalized spacial score (nSPS) is 12.4. The maximum Gasteiger partial charge on any atom is 0.238 e. The summed E-state index contributed by atoms with van der Waals surface area (Å²) in [6.07, 6.45) is 6.61. The van der Waals surface area contributed by atoms with Crippen LogP contribution in [0.15, 0.2) is 24.8 Å². The number of aromatic nitrogens is 4. The minimum atomic E-state index is -0.876. The first-order chi connectivity index (χ1) is 8.76. The lowest BCUT2D eigenvalue weighted by Gasteiger charge is -2.10. The van der Waals surface area contributed by atoms with Gasteiger partial charge in [0.05, 0.1) is 13.3 Å². The van der Waals surface area contributed by atoms with Crippen LogP contribution in [0.1, 0.15) is 30.7 Å². The fourth-order valence-electron chi connectivity index (χ4n) is 1.71. The molecule has 2 aromatic heterocycles. The van der Waals surface area contributed by atoms with E-state index < -0.39 is 6.10 Å². The molecule has 18 heavy (non-hydrogen) atoms. The molecule has 1 unspecified atom stereocenters. The SMILES string of the molecule is CCCn1cc(C(O)c2nccnc2OC)cn1. The maximum absolute atomic E-state index is 10.2. The fourth-order valence-corrected chi connectivity index (χ4v) is 1.71. The standard InChI is InChI=1S/C12H16N4O2/c1-3-6-16-8-9(7-15-16)11(17)10-12(18-2)14-5-4-13-10/h4-5,7-8,11,17H,3,6H2,1-2H3. The zero-order chi connectivity index (χ0) is 13.0. The van der Waals surface area contributed by atoms with Gasteiger partial charge in [-0.05, 0) is 6.42 Å². The maximum atomic E-state index is 10.2. The molecule has 1 N–H and O–H groups in total. The van der Waals surface area contributed by atoms with E-state index in [1.54, 1.807) is 10.9 Å². The number of aryl methyl sites for hydroxylation is 1. The minimum Gasteiger partial charge on any atom is -0.480 e. The second-order valence-corrected chi connectivity index (χ2v) is 3.89. The molecule has 6 heteroatoms. The van der Waals surface area contributed by atoms with Gasteiger partial charge in [0.2, 0.25) is 5.88 Å². The van der Waals surface area contributed by atoms with Crippen molar-refractivity contribution in [2.75, 3.05) is 7.11 Å². The molecule has 0 amide bonds. The smallest absolute Gasteiger partial charge is 0.238 e. The molecule has 0 aromatic carbocycles. The van der Waals surface area contributed by atoms with Crippen molar-refractivity contribution in [2.24, 2.45) is 0 Å². The van der Waals surface area contributed by atoms with Gasteiger partial charge in [0.25, 0.3) is 0 Å². The summed E-state index contributed by atoms with van der Waals surface area (Å²) in [6.45, 7) is 2.90. The lowest BCUT2D eigenvalue weighted by Crippen LogP contribution is -2.05. The van der Waals surface area contributed by atoms with Crippen LogP contribution in [-0.4, -0.2) is 32.0 Å². The van der Waals surface area contributed by atoms with E-state index in [0.29, 0.717) is 17.1 Å². The molecule has 1 atom stereocenters. The summed E-state index contributed by atoms with van der Waals surface area (Å²) in [6, 6.07) is 0. The number of rotatable bonds is 5. The molecular formula is C12H16N4O2. The van der Waals surface area contributed by atoms with Crippen LogP contribution in [-0.2, 0) is 6.54 Å². The summed E-state index contributed by atoms with van der Waals surface area (Å²) in [5.74, 6) is 0.327. The summed E-state index contributed by atoms with van der Waals surface area (Å²) in [7, 11) is 1.50. The van der Waals surface area contributed by atoms with Gasteiger partial charge in [-0.25, -0.2) is 4.98 Å². The first kappa shape index (κ1) is 12.5. The van der Waals surface area contributed by atoms with Crippen LogP contribution in [0.3, 0.4) is 0 Å². The van der Waals surface area contributed by atoms with Crippen molar-refractivity contribution in [3.63, 3.8) is 0 Å². The predicted molar refractivity (Wildman–Crippen MR) is 65.2 cm³/mol. The molecule has 0 spiro atoms. The van der Waals surface area contributed by atoms with E-state index >= 15 is 0 Å². The highest BCUT2D eigenvalue weighted by molar-refractivity contribution is 5.28. The van der Waals surface area contributed by atoms with E-state index in [-0.39, 0.29) is 0 Å². The fraction of sp³-hybridized carbons (Fsp3) is 0.417. The van der Waals surface area contributed by atoms with Crippen molar-refractivity contribution in [1.29, 1.82) is 0 Å². The van der Waals surface area contributed by atoms with E-state index in [1.807, 2.05) is 6.20 Å².